The van der Waals surface area contributed by atoms with E-state index in [1.54, 1.807) is 0 Å². The standard InChI is InChI=1S/C21H35NO5/c1-5-25-18-11-12-19(26-6-2)20(27-7-3)17(18)10-8-9-15(4)13-16(14-22)21(23)24/h11-12,15-16H,5-10,13-14,22H2,1-4H3,(H,23,24). The van der Waals surface area contributed by atoms with Gasteiger partial charge in [-0.05, 0) is 58.1 Å². The lowest BCUT2D eigenvalue weighted by Gasteiger charge is -2.20. The highest BCUT2D eigenvalue weighted by Gasteiger charge is 2.20. The molecule has 0 radical (unpaired) electrons. The molecule has 6 heteroatoms. The van der Waals surface area contributed by atoms with Gasteiger partial charge in [-0.3, -0.25) is 4.79 Å². The summed E-state index contributed by atoms with van der Waals surface area (Å²) in [6, 6.07) is 3.83. The largest absolute Gasteiger partial charge is 0.493 e. The molecule has 2 unspecified atom stereocenters. The molecule has 0 saturated heterocycles. The third-order valence-corrected chi connectivity index (χ3v) is 4.51. The van der Waals surface area contributed by atoms with Crippen LogP contribution in [0.1, 0.15) is 52.5 Å². The Morgan fingerprint density at radius 3 is 2.22 bits per heavy atom. The lowest BCUT2D eigenvalue weighted by Crippen LogP contribution is -2.25. The molecule has 0 aromatic heterocycles. The van der Waals surface area contributed by atoms with Crippen molar-refractivity contribution in [3.8, 4) is 17.2 Å². The lowest BCUT2D eigenvalue weighted by molar-refractivity contribution is -0.141. The van der Waals surface area contributed by atoms with Crippen LogP contribution in [0.2, 0.25) is 0 Å². The summed E-state index contributed by atoms with van der Waals surface area (Å²) in [5.41, 5.74) is 6.58. The molecule has 0 aliphatic carbocycles. The van der Waals surface area contributed by atoms with Crippen LogP contribution in [-0.2, 0) is 11.2 Å². The molecule has 6 nitrogen and oxygen atoms in total. The van der Waals surface area contributed by atoms with Crippen LogP contribution in [0.5, 0.6) is 17.2 Å². The van der Waals surface area contributed by atoms with E-state index in [1.807, 2.05) is 32.9 Å². The number of benzene rings is 1. The molecule has 0 spiro atoms. The Kier molecular flexibility index (Phi) is 10.6. The summed E-state index contributed by atoms with van der Waals surface area (Å²) >= 11 is 0. The van der Waals surface area contributed by atoms with E-state index in [1.165, 1.54) is 0 Å². The van der Waals surface area contributed by atoms with Crippen molar-refractivity contribution < 1.29 is 24.1 Å². The highest BCUT2D eigenvalue weighted by molar-refractivity contribution is 5.70. The number of nitrogens with two attached hydrogens (primary N) is 1. The maximum Gasteiger partial charge on any atom is 0.307 e. The van der Waals surface area contributed by atoms with Gasteiger partial charge < -0.3 is 25.1 Å². The first-order chi connectivity index (χ1) is 13.0. The van der Waals surface area contributed by atoms with E-state index < -0.39 is 11.9 Å². The quantitative estimate of drug-likeness (QED) is 0.508. The lowest BCUT2D eigenvalue weighted by atomic mass is 9.91. The fraction of sp³-hybridized carbons (Fsp3) is 0.667. The van der Waals surface area contributed by atoms with E-state index in [-0.39, 0.29) is 12.5 Å². The zero-order valence-corrected chi connectivity index (χ0v) is 17.1. The molecule has 0 aliphatic rings. The summed E-state index contributed by atoms with van der Waals surface area (Å²) in [6.07, 6.45) is 3.21. The maximum atomic E-state index is 11.2. The minimum absolute atomic E-state index is 0.180. The number of hydrogen-bond acceptors (Lipinski definition) is 5. The highest BCUT2D eigenvalue weighted by Crippen LogP contribution is 2.39. The summed E-state index contributed by atoms with van der Waals surface area (Å²) < 4.78 is 17.4. The number of carbonyl (C=O) groups is 1. The predicted octanol–water partition coefficient (Wildman–Crippen LogP) is 3.89. The Morgan fingerprint density at radius 2 is 1.67 bits per heavy atom. The first-order valence-electron chi connectivity index (χ1n) is 9.95. The summed E-state index contributed by atoms with van der Waals surface area (Å²) in [5.74, 6) is 1.31. The SMILES string of the molecule is CCOc1ccc(OCC)c(OCC)c1CCCC(C)CC(CN)C(=O)O. The molecule has 2 atom stereocenters. The monoisotopic (exact) mass is 381 g/mol. The van der Waals surface area contributed by atoms with Gasteiger partial charge in [-0.25, -0.2) is 0 Å². The van der Waals surface area contributed by atoms with Crippen LogP contribution in [0.4, 0.5) is 0 Å². The van der Waals surface area contributed by atoms with E-state index in [0.717, 1.165) is 42.1 Å². The smallest absolute Gasteiger partial charge is 0.307 e. The van der Waals surface area contributed by atoms with Gasteiger partial charge in [0.2, 0.25) is 0 Å². The van der Waals surface area contributed by atoms with Crippen molar-refractivity contribution in [1.82, 2.24) is 0 Å². The van der Waals surface area contributed by atoms with E-state index in [4.69, 9.17) is 19.9 Å². The molecule has 1 rings (SSSR count). The van der Waals surface area contributed by atoms with Crippen molar-refractivity contribution in [2.75, 3.05) is 26.4 Å². The van der Waals surface area contributed by atoms with Gasteiger partial charge in [0.15, 0.2) is 11.5 Å². The van der Waals surface area contributed by atoms with Crippen LogP contribution in [0, 0.1) is 11.8 Å². The average molecular weight is 382 g/mol. The van der Waals surface area contributed by atoms with Crippen LogP contribution < -0.4 is 19.9 Å². The van der Waals surface area contributed by atoms with Gasteiger partial charge in [0.1, 0.15) is 5.75 Å². The van der Waals surface area contributed by atoms with Crippen LogP contribution in [0.3, 0.4) is 0 Å². The second-order valence-corrected chi connectivity index (χ2v) is 6.67. The first-order valence-corrected chi connectivity index (χ1v) is 9.95. The molecule has 1 aromatic rings. The molecule has 1 aromatic carbocycles. The van der Waals surface area contributed by atoms with Crippen LogP contribution >= 0.6 is 0 Å². The summed E-state index contributed by atoms with van der Waals surface area (Å²) in [5, 5.41) is 9.17. The van der Waals surface area contributed by atoms with Crippen molar-refractivity contribution in [3.63, 3.8) is 0 Å². The molecule has 0 aliphatic heterocycles. The molecular weight excluding hydrogens is 346 g/mol. The van der Waals surface area contributed by atoms with Gasteiger partial charge in [0.05, 0.1) is 25.7 Å². The molecule has 154 valence electrons. The molecule has 0 amide bonds. The first kappa shape index (κ1) is 23.1. The Balaban J connectivity index is 2.86. The Hall–Kier alpha value is -1.95. The molecule has 0 bridgehead atoms. The molecule has 27 heavy (non-hydrogen) atoms. The number of aliphatic carboxylic acids is 1. The topological polar surface area (TPSA) is 91.0 Å². The van der Waals surface area contributed by atoms with Crippen LogP contribution in [-0.4, -0.2) is 37.4 Å². The fourth-order valence-electron chi connectivity index (χ4n) is 3.22. The zero-order chi connectivity index (χ0) is 20.2. The molecule has 0 heterocycles. The van der Waals surface area contributed by atoms with Crippen molar-refractivity contribution in [2.24, 2.45) is 17.6 Å². The summed E-state index contributed by atoms with van der Waals surface area (Å²) in [4.78, 5) is 11.2. The molecule has 3 N–H and O–H groups in total. The third-order valence-electron chi connectivity index (χ3n) is 4.51. The second-order valence-electron chi connectivity index (χ2n) is 6.67. The van der Waals surface area contributed by atoms with E-state index >= 15 is 0 Å². The van der Waals surface area contributed by atoms with E-state index in [0.29, 0.717) is 26.2 Å². The summed E-state index contributed by atoms with van der Waals surface area (Å²) in [7, 11) is 0. The zero-order valence-electron chi connectivity index (χ0n) is 17.1. The summed E-state index contributed by atoms with van der Waals surface area (Å²) in [6.45, 7) is 9.82. The Morgan fingerprint density at radius 1 is 1.07 bits per heavy atom. The number of carboxylic acid groups (broad SMARTS) is 1. The molecular formula is C21H35NO5. The molecule has 0 saturated carbocycles. The number of ether oxygens (including phenoxy) is 3. The number of rotatable bonds is 14. The highest BCUT2D eigenvalue weighted by atomic mass is 16.5. The van der Waals surface area contributed by atoms with Gasteiger partial charge in [-0.1, -0.05) is 13.3 Å². The maximum absolute atomic E-state index is 11.2. The van der Waals surface area contributed by atoms with E-state index in [2.05, 4.69) is 6.92 Å². The normalized spacial score (nSPS) is 13.1. The van der Waals surface area contributed by atoms with Gasteiger partial charge in [0, 0.05) is 12.1 Å². The minimum Gasteiger partial charge on any atom is -0.493 e. The number of hydrogen-bond donors (Lipinski definition) is 2. The second kappa shape index (κ2) is 12.4. The Bertz CT molecular complexity index is 576. The van der Waals surface area contributed by atoms with E-state index in [9.17, 15) is 9.90 Å². The average Bonchev–Trinajstić information content (AvgIpc) is 2.63. The van der Waals surface area contributed by atoms with Crippen LogP contribution in [0.15, 0.2) is 12.1 Å². The van der Waals surface area contributed by atoms with Crippen molar-refractivity contribution >= 4 is 5.97 Å². The van der Waals surface area contributed by atoms with Gasteiger partial charge in [-0.15, -0.1) is 0 Å². The van der Waals surface area contributed by atoms with Gasteiger partial charge in [-0.2, -0.15) is 0 Å². The van der Waals surface area contributed by atoms with Gasteiger partial charge >= 0.3 is 5.97 Å². The third kappa shape index (κ3) is 7.29. The molecule has 0 fully saturated rings. The van der Waals surface area contributed by atoms with Crippen molar-refractivity contribution in [3.05, 3.63) is 17.7 Å². The number of carboxylic acids is 1. The van der Waals surface area contributed by atoms with Crippen molar-refractivity contribution in [1.29, 1.82) is 0 Å². The van der Waals surface area contributed by atoms with Crippen molar-refractivity contribution in [2.45, 2.75) is 53.4 Å². The minimum atomic E-state index is -0.814. The van der Waals surface area contributed by atoms with Crippen LogP contribution in [0.25, 0.3) is 0 Å². The van der Waals surface area contributed by atoms with Gasteiger partial charge in [0.25, 0.3) is 0 Å². The predicted molar refractivity (Wildman–Crippen MR) is 107 cm³/mol. The Labute approximate surface area is 163 Å². The fourth-order valence-corrected chi connectivity index (χ4v) is 3.22.